The molecular weight excluding hydrogens is 396 g/mol. The van der Waals surface area contributed by atoms with E-state index in [0.717, 1.165) is 48.4 Å². The molecule has 2 amide bonds. The number of amides is 2. The zero-order valence-electron chi connectivity index (χ0n) is 17.1. The Morgan fingerprint density at radius 2 is 1.83 bits per heavy atom. The first-order valence-electron chi connectivity index (χ1n) is 10.4. The Morgan fingerprint density at radius 1 is 1.03 bits per heavy atom. The van der Waals surface area contributed by atoms with Crippen LogP contribution >= 0.6 is 11.3 Å². The molecule has 3 aromatic rings. The molecule has 1 heterocycles. The maximum atomic E-state index is 13.0. The van der Waals surface area contributed by atoms with Crippen molar-refractivity contribution in [1.82, 2.24) is 5.32 Å². The number of hydrogen-bond donors (Lipinski definition) is 2. The molecule has 0 bridgehead atoms. The monoisotopic (exact) mass is 422 g/mol. The number of aryl methyl sites for hydroxylation is 1. The molecule has 1 aliphatic carbocycles. The number of fused-ring (bicyclic) bond motifs is 2. The Labute approximate surface area is 180 Å². The van der Waals surface area contributed by atoms with E-state index in [9.17, 15) is 9.59 Å². The second kappa shape index (κ2) is 9.41. The summed E-state index contributed by atoms with van der Waals surface area (Å²) in [5.74, 6) is -0.299. The zero-order chi connectivity index (χ0) is 20.9. The predicted octanol–water partition coefficient (Wildman–Crippen LogP) is 4.80. The van der Waals surface area contributed by atoms with Gasteiger partial charge in [-0.15, -0.1) is 11.3 Å². The van der Waals surface area contributed by atoms with Crippen LogP contribution in [0.1, 0.15) is 50.4 Å². The van der Waals surface area contributed by atoms with Crippen LogP contribution in [-0.2, 0) is 17.6 Å². The number of carbonyl (C=O) groups is 2. The van der Waals surface area contributed by atoms with Crippen LogP contribution in [0.3, 0.4) is 0 Å². The Morgan fingerprint density at radius 3 is 2.67 bits per heavy atom. The number of hydrogen-bond acceptors (Lipinski definition) is 4. The van der Waals surface area contributed by atoms with E-state index in [1.807, 2.05) is 42.5 Å². The normalized spacial score (nSPS) is 13.1. The van der Waals surface area contributed by atoms with E-state index in [0.29, 0.717) is 29.3 Å². The minimum absolute atomic E-state index is 0.112. The largest absolute Gasteiger partial charge is 0.385 e. The van der Waals surface area contributed by atoms with Gasteiger partial charge in [-0.05, 0) is 60.6 Å². The van der Waals surface area contributed by atoms with Crippen molar-refractivity contribution in [2.75, 3.05) is 25.6 Å². The number of nitrogens with one attached hydrogen (secondary N) is 2. The molecule has 1 aromatic heterocycles. The van der Waals surface area contributed by atoms with Gasteiger partial charge in [0.15, 0.2) is 0 Å². The standard InChI is InChI=1S/C24H26N2O3S/c1-29-14-6-13-25-23(28)21-19-9-4-5-10-20(19)30-24(21)26-22(27)18-12-11-16-7-2-3-8-17(16)15-18/h2-3,7-8,11-12,15H,4-6,9-10,13-14H2,1H3,(H,25,28)(H,26,27). The van der Waals surface area contributed by atoms with E-state index in [1.54, 1.807) is 18.4 Å². The average Bonchev–Trinajstić information content (AvgIpc) is 3.14. The minimum Gasteiger partial charge on any atom is -0.385 e. The highest BCUT2D eigenvalue weighted by Crippen LogP contribution is 2.38. The number of methoxy groups -OCH3 is 1. The van der Waals surface area contributed by atoms with Gasteiger partial charge in [0, 0.05) is 30.7 Å². The maximum Gasteiger partial charge on any atom is 0.256 e. The molecule has 0 spiro atoms. The molecule has 0 saturated carbocycles. The highest BCUT2D eigenvalue weighted by atomic mass is 32.1. The SMILES string of the molecule is COCCCNC(=O)c1c(NC(=O)c2ccc3ccccc3c2)sc2c1CCCC2. The van der Waals surface area contributed by atoms with Gasteiger partial charge in [0.25, 0.3) is 11.8 Å². The van der Waals surface area contributed by atoms with Gasteiger partial charge in [0.2, 0.25) is 0 Å². The summed E-state index contributed by atoms with van der Waals surface area (Å²) in [6, 6.07) is 13.6. The Kier molecular flexibility index (Phi) is 6.45. The van der Waals surface area contributed by atoms with Gasteiger partial charge in [-0.2, -0.15) is 0 Å². The van der Waals surface area contributed by atoms with Crippen LogP contribution < -0.4 is 10.6 Å². The molecule has 0 radical (unpaired) electrons. The van der Waals surface area contributed by atoms with Crippen molar-refractivity contribution in [2.45, 2.75) is 32.1 Å². The molecule has 2 N–H and O–H groups in total. The third kappa shape index (κ3) is 4.40. The van der Waals surface area contributed by atoms with Gasteiger partial charge in [0.1, 0.15) is 5.00 Å². The van der Waals surface area contributed by atoms with E-state index < -0.39 is 0 Å². The summed E-state index contributed by atoms with van der Waals surface area (Å²) in [6.45, 7) is 1.16. The van der Waals surface area contributed by atoms with Crippen molar-refractivity contribution < 1.29 is 14.3 Å². The molecule has 0 aliphatic heterocycles. The summed E-state index contributed by atoms with van der Waals surface area (Å²) in [5, 5.41) is 8.78. The van der Waals surface area contributed by atoms with E-state index >= 15 is 0 Å². The predicted molar refractivity (Wildman–Crippen MR) is 122 cm³/mol. The smallest absolute Gasteiger partial charge is 0.256 e. The summed E-state index contributed by atoms with van der Waals surface area (Å²) in [4.78, 5) is 27.2. The van der Waals surface area contributed by atoms with Gasteiger partial charge in [0.05, 0.1) is 5.56 Å². The molecule has 30 heavy (non-hydrogen) atoms. The van der Waals surface area contributed by atoms with Crippen molar-refractivity contribution in [1.29, 1.82) is 0 Å². The van der Waals surface area contributed by atoms with Gasteiger partial charge in [-0.1, -0.05) is 30.3 Å². The van der Waals surface area contributed by atoms with Gasteiger partial charge in [-0.25, -0.2) is 0 Å². The zero-order valence-corrected chi connectivity index (χ0v) is 17.9. The van der Waals surface area contributed by atoms with Crippen molar-refractivity contribution in [3.05, 3.63) is 64.0 Å². The molecule has 2 aromatic carbocycles. The molecular formula is C24H26N2O3S. The van der Waals surface area contributed by atoms with Gasteiger partial charge < -0.3 is 15.4 Å². The quantitative estimate of drug-likeness (QED) is 0.538. The number of thiophene rings is 1. The van der Waals surface area contributed by atoms with Crippen LogP contribution in [-0.4, -0.2) is 32.1 Å². The molecule has 0 atom stereocenters. The third-order valence-corrected chi connectivity index (χ3v) is 6.66. The highest BCUT2D eigenvalue weighted by molar-refractivity contribution is 7.17. The van der Waals surface area contributed by atoms with Crippen LogP contribution in [0.25, 0.3) is 10.8 Å². The molecule has 0 fully saturated rings. The lowest BCUT2D eigenvalue weighted by Crippen LogP contribution is -2.27. The Balaban J connectivity index is 1.58. The first kappa shape index (κ1) is 20.6. The van der Waals surface area contributed by atoms with Crippen LogP contribution in [0.15, 0.2) is 42.5 Å². The summed E-state index contributed by atoms with van der Waals surface area (Å²) < 4.78 is 5.05. The fraction of sp³-hybridized carbons (Fsp3) is 0.333. The lowest BCUT2D eigenvalue weighted by Gasteiger charge is -2.13. The lowest BCUT2D eigenvalue weighted by atomic mass is 9.95. The summed E-state index contributed by atoms with van der Waals surface area (Å²) >= 11 is 1.54. The van der Waals surface area contributed by atoms with Crippen molar-refractivity contribution in [3.63, 3.8) is 0 Å². The van der Waals surface area contributed by atoms with Crippen LogP contribution in [0.2, 0.25) is 0 Å². The second-order valence-corrected chi connectivity index (χ2v) is 8.64. The number of benzene rings is 2. The Bertz CT molecular complexity index is 1070. The highest BCUT2D eigenvalue weighted by Gasteiger charge is 2.26. The number of anilines is 1. The van der Waals surface area contributed by atoms with Gasteiger partial charge in [-0.3, -0.25) is 9.59 Å². The van der Waals surface area contributed by atoms with Crippen LogP contribution in [0.4, 0.5) is 5.00 Å². The summed E-state index contributed by atoms with van der Waals surface area (Å²) in [7, 11) is 1.65. The van der Waals surface area contributed by atoms with Crippen molar-refractivity contribution in [2.24, 2.45) is 0 Å². The maximum absolute atomic E-state index is 13.0. The number of ether oxygens (including phenoxy) is 1. The van der Waals surface area contributed by atoms with E-state index in [-0.39, 0.29) is 11.8 Å². The van der Waals surface area contributed by atoms with Crippen molar-refractivity contribution in [3.8, 4) is 0 Å². The molecule has 6 heteroatoms. The van der Waals surface area contributed by atoms with Gasteiger partial charge >= 0.3 is 0 Å². The molecule has 0 unspecified atom stereocenters. The first-order chi connectivity index (χ1) is 14.7. The van der Waals surface area contributed by atoms with E-state index in [4.69, 9.17) is 4.74 Å². The number of carbonyl (C=O) groups excluding carboxylic acids is 2. The number of rotatable bonds is 7. The summed E-state index contributed by atoms with van der Waals surface area (Å²) in [6.07, 6.45) is 4.81. The van der Waals surface area contributed by atoms with Crippen LogP contribution in [0, 0.1) is 0 Å². The van der Waals surface area contributed by atoms with Crippen LogP contribution in [0.5, 0.6) is 0 Å². The van der Waals surface area contributed by atoms with Crippen molar-refractivity contribution >= 4 is 38.9 Å². The topological polar surface area (TPSA) is 67.4 Å². The van der Waals surface area contributed by atoms with E-state index in [2.05, 4.69) is 10.6 Å². The summed E-state index contributed by atoms with van der Waals surface area (Å²) in [5.41, 5.74) is 2.33. The lowest BCUT2D eigenvalue weighted by molar-refractivity contribution is 0.0948. The fourth-order valence-electron chi connectivity index (χ4n) is 3.91. The Hall–Kier alpha value is -2.70. The third-order valence-electron chi connectivity index (χ3n) is 5.45. The molecule has 1 aliphatic rings. The minimum atomic E-state index is -0.187. The first-order valence-corrected chi connectivity index (χ1v) is 11.2. The second-order valence-electron chi connectivity index (χ2n) is 7.53. The van der Waals surface area contributed by atoms with E-state index in [1.165, 1.54) is 4.88 Å². The fourth-order valence-corrected chi connectivity index (χ4v) is 5.19. The molecule has 156 valence electrons. The molecule has 0 saturated heterocycles. The average molecular weight is 423 g/mol. The molecule has 5 nitrogen and oxygen atoms in total. The molecule has 4 rings (SSSR count).